The zero-order chi connectivity index (χ0) is 13.7. The van der Waals surface area contributed by atoms with Crippen LogP contribution in [0.15, 0.2) is 0 Å². The van der Waals surface area contributed by atoms with Crippen LogP contribution in [0.2, 0.25) is 0 Å². The Bertz CT molecular complexity index is 305. The molecule has 0 aromatic heterocycles. The van der Waals surface area contributed by atoms with Crippen molar-refractivity contribution in [3.8, 4) is 0 Å². The van der Waals surface area contributed by atoms with Gasteiger partial charge in [0.2, 0.25) is 5.91 Å². The Hall–Kier alpha value is -0.650. The highest BCUT2D eigenvalue weighted by atomic mass is 16.5. The standard InChI is InChI=1S/C14H26N2O3/c1-12-3-2-4-14(9-12,11-15)19-10-13(17)16-5-7-18-8-6-16/h12H,2-11,15H2,1H3. The van der Waals surface area contributed by atoms with E-state index in [1.54, 1.807) is 0 Å². The summed E-state index contributed by atoms with van der Waals surface area (Å²) in [5.74, 6) is 0.699. The predicted octanol–water partition coefficient (Wildman–Crippen LogP) is 0.769. The third-order valence-electron chi connectivity index (χ3n) is 4.29. The Morgan fingerprint density at radius 1 is 1.47 bits per heavy atom. The van der Waals surface area contributed by atoms with Crippen molar-refractivity contribution in [3.63, 3.8) is 0 Å². The molecule has 110 valence electrons. The normalized spacial score (nSPS) is 32.3. The van der Waals surface area contributed by atoms with Crippen LogP contribution in [0.4, 0.5) is 0 Å². The van der Waals surface area contributed by atoms with E-state index in [0.717, 1.165) is 19.3 Å². The van der Waals surface area contributed by atoms with Gasteiger partial charge in [-0.1, -0.05) is 19.8 Å². The largest absolute Gasteiger partial charge is 0.378 e. The van der Waals surface area contributed by atoms with Gasteiger partial charge < -0.3 is 20.1 Å². The average molecular weight is 270 g/mol. The third kappa shape index (κ3) is 3.91. The minimum Gasteiger partial charge on any atom is -0.378 e. The second-order valence-corrected chi connectivity index (χ2v) is 5.87. The van der Waals surface area contributed by atoms with Gasteiger partial charge in [-0.25, -0.2) is 0 Å². The zero-order valence-electron chi connectivity index (χ0n) is 11.9. The van der Waals surface area contributed by atoms with E-state index in [2.05, 4.69) is 6.92 Å². The summed E-state index contributed by atoms with van der Waals surface area (Å²) in [6, 6.07) is 0. The minimum atomic E-state index is -0.278. The molecule has 2 unspecified atom stereocenters. The highest BCUT2D eigenvalue weighted by Gasteiger charge is 2.35. The number of carbonyl (C=O) groups is 1. The SMILES string of the molecule is CC1CCCC(CN)(OCC(=O)N2CCOCC2)C1. The van der Waals surface area contributed by atoms with E-state index in [4.69, 9.17) is 15.2 Å². The van der Waals surface area contributed by atoms with Crippen molar-refractivity contribution < 1.29 is 14.3 Å². The summed E-state index contributed by atoms with van der Waals surface area (Å²) in [5.41, 5.74) is 5.62. The van der Waals surface area contributed by atoms with E-state index in [1.807, 2.05) is 4.90 Å². The minimum absolute atomic E-state index is 0.0642. The Balaban J connectivity index is 1.83. The lowest BCUT2D eigenvalue weighted by Gasteiger charge is -2.39. The van der Waals surface area contributed by atoms with Crippen LogP contribution in [0.3, 0.4) is 0 Å². The van der Waals surface area contributed by atoms with Crippen molar-refractivity contribution in [1.82, 2.24) is 4.90 Å². The molecular formula is C14H26N2O3. The van der Waals surface area contributed by atoms with Crippen LogP contribution in [-0.4, -0.2) is 55.9 Å². The quantitative estimate of drug-likeness (QED) is 0.819. The van der Waals surface area contributed by atoms with E-state index >= 15 is 0 Å². The molecule has 0 aromatic carbocycles. The molecule has 0 spiro atoms. The van der Waals surface area contributed by atoms with Gasteiger partial charge in [0.25, 0.3) is 0 Å². The summed E-state index contributed by atoms with van der Waals surface area (Å²) in [4.78, 5) is 13.9. The molecule has 2 fully saturated rings. The topological polar surface area (TPSA) is 64.8 Å². The van der Waals surface area contributed by atoms with Crippen LogP contribution in [-0.2, 0) is 14.3 Å². The molecule has 1 aliphatic carbocycles. The van der Waals surface area contributed by atoms with Crippen LogP contribution < -0.4 is 5.73 Å². The van der Waals surface area contributed by atoms with Crippen molar-refractivity contribution in [2.45, 2.75) is 38.2 Å². The number of amides is 1. The summed E-state index contributed by atoms with van der Waals surface area (Å²) in [6.07, 6.45) is 4.33. The molecule has 2 aliphatic rings. The third-order valence-corrected chi connectivity index (χ3v) is 4.29. The number of ether oxygens (including phenoxy) is 2. The van der Waals surface area contributed by atoms with E-state index in [0.29, 0.717) is 38.8 Å². The first kappa shape index (κ1) is 14.8. The number of hydrogen-bond acceptors (Lipinski definition) is 4. The maximum absolute atomic E-state index is 12.1. The Morgan fingerprint density at radius 3 is 2.84 bits per heavy atom. The molecule has 2 atom stereocenters. The van der Waals surface area contributed by atoms with Crippen LogP contribution >= 0.6 is 0 Å². The molecule has 1 heterocycles. The lowest BCUT2D eigenvalue weighted by atomic mass is 9.79. The van der Waals surface area contributed by atoms with Gasteiger partial charge in [-0.05, 0) is 18.8 Å². The van der Waals surface area contributed by atoms with Crippen LogP contribution in [0, 0.1) is 5.92 Å². The van der Waals surface area contributed by atoms with Gasteiger partial charge in [0, 0.05) is 19.6 Å². The smallest absolute Gasteiger partial charge is 0.248 e. The predicted molar refractivity (Wildman–Crippen MR) is 72.8 cm³/mol. The number of carbonyl (C=O) groups excluding carboxylic acids is 1. The van der Waals surface area contributed by atoms with Gasteiger partial charge in [0.1, 0.15) is 6.61 Å². The molecule has 0 aromatic rings. The number of nitrogens with two attached hydrogens (primary N) is 1. The first-order valence-corrected chi connectivity index (χ1v) is 7.35. The fourth-order valence-electron chi connectivity index (χ4n) is 3.11. The van der Waals surface area contributed by atoms with Gasteiger partial charge in [-0.3, -0.25) is 4.79 Å². The number of hydrogen-bond donors (Lipinski definition) is 1. The first-order chi connectivity index (χ1) is 9.15. The molecule has 5 nitrogen and oxygen atoms in total. The number of rotatable bonds is 4. The van der Waals surface area contributed by atoms with E-state index in [-0.39, 0.29) is 18.1 Å². The van der Waals surface area contributed by atoms with Gasteiger partial charge in [0.15, 0.2) is 0 Å². The second kappa shape index (κ2) is 6.68. The van der Waals surface area contributed by atoms with Crippen molar-refractivity contribution in [2.75, 3.05) is 39.5 Å². The van der Waals surface area contributed by atoms with E-state index < -0.39 is 0 Å². The molecule has 19 heavy (non-hydrogen) atoms. The average Bonchev–Trinajstić information content (AvgIpc) is 2.46. The molecule has 1 aliphatic heterocycles. The van der Waals surface area contributed by atoms with Crippen LogP contribution in [0.25, 0.3) is 0 Å². The molecule has 5 heteroatoms. The van der Waals surface area contributed by atoms with Crippen molar-refractivity contribution in [2.24, 2.45) is 11.7 Å². The maximum Gasteiger partial charge on any atom is 0.248 e. The summed E-state index contributed by atoms with van der Waals surface area (Å²) in [6.45, 7) is 5.51. The molecule has 2 rings (SSSR count). The fraction of sp³-hybridized carbons (Fsp3) is 0.929. The second-order valence-electron chi connectivity index (χ2n) is 5.87. The lowest BCUT2D eigenvalue weighted by molar-refractivity contribution is -0.150. The Kier molecular flexibility index (Phi) is 5.19. The van der Waals surface area contributed by atoms with Gasteiger partial charge in [-0.15, -0.1) is 0 Å². The van der Waals surface area contributed by atoms with Crippen LogP contribution in [0.1, 0.15) is 32.6 Å². The van der Waals surface area contributed by atoms with Crippen molar-refractivity contribution >= 4 is 5.91 Å². The fourth-order valence-corrected chi connectivity index (χ4v) is 3.11. The summed E-state index contributed by atoms with van der Waals surface area (Å²) >= 11 is 0. The molecule has 0 bridgehead atoms. The highest BCUT2D eigenvalue weighted by Crippen LogP contribution is 2.34. The molecule has 1 saturated carbocycles. The Labute approximate surface area is 115 Å². The highest BCUT2D eigenvalue weighted by molar-refractivity contribution is 5.77. The van der Waals surface area contributed by atoms with Crippen molar-refractivity contribution in [3.05, 3.63) is 0 Å². The van der Waals surface area contributed by atoms with Gasteiger partial charge in [-0.2, -0.15) is 0 Å². The molecule has 0 radical (unpaired) electrons. The number of nitrogens with zero attached hydrogens (tertiary/aromatic N) is 1. The molecule has 2 N–H and O–H groups in total. The molecular weight excluding hydrogens is 244 g/mol. The zero-order valence-corrected chi connectivity index (χ0v) is 11.9. The summed E-state index contributed by atoms with van der Waals surface area (Å²) in [5, 5.41) is 0. The van der Waals surface area contributed by atoms with E-state index in [9.17, 15) is 4.79 Å². The van der Waals surface area contributed by atoms with Crippen LogP contribution in [0.5, 0.6) is 0 Å². The maximum atomic E-state index is 12.1. The monoisotopic (exact) mass is 270 g/mol. The van der Waals surface area contributed by atoms with Gasteiger partial charge >= 0.3 is 0 Å². The lowest BCUT2D eigenvalue weighted by Crippen LogP contribution is -2.48. The summed E-state index contributed by atoms with van der Waals surface area (Å²) in [7, 11) is 0. The van der Waals surface area contributed by atoms with Crippen molar-refractivity contribution in [1.29, 1.82) is 0 Å². The summed E-state index contributed by atoms with van der Waals surface area (Å²) < 4.78 is 11.2. The Morgan fingerprint density at radius 2 is 2.21 bits per heavy atom. The molecule has 1 amide bonds. The number of morpholine rings is 1. The molecule has 1 saturated heterocycles. The first-order valence-electron chi connectivity index (χ1n) is 7.35. The van der Waals surface area contributed by atoms with Gasteiger partial charge in [0.05, 0.1) is 18.8 Å². The van der Waals surface area contributed by atoms with E-state index in [1.165, 1.54) is 6.42 Å².